The Hall–Kier alpha value is -2.65. The lowest BCUT2D eigenvalue weighted by Crippen LogP contribution is -2.00. The molecule has 3 heteroatoms. The summed E-state index contributed by atoms with van der Waals surface area (Å²) in [6, 6.07) is 17.9. The molecule has 0 bridgehead atoms. The van der Waals surface area contributed by atoms with Crippen LogP contribution in [0.5, 0.6) is 0 Å². The molecule has 0 spiro atoms. The first-order chi connectivity index (χ1) is 11.3. The van der Waals surface area contributed by atoms with Crippen LogP contribution in [0.4, 0.5) is 0 Å². The predicted octanol–water partition coefficient (Wildman–Crippen LogP) is 5.37. The molecule has 0 saturated heterocycles. The summed E-state index contributed by atoms with van der Waals surface area (Å²) in [5.41, 5.74) is 5.09. The van der Waals surface area contributed by atoms with E-state index < -0.39 is 0 Å². The minimum Gasteiger partial charge on any atom is -0.465 e. The molecule has 1 heterocycles. The molecule has 2 nitrogen and oxygen atoms in total. The maximum Gasteiger partial charge on any atom is 0.337 e. The van der Waals surface area contributed by atoms with Crippen LogP contribution in [0.3, 0.4) is 0 Å². The average molecular weight is 320 g/mol. The van der Waals surface area contributed by atoms with Crippen LogP contribution >= 0.6 is 11.3 Å². The standard InChI is InChI=1S/C20H16O2S/c1-22-20(21)18-7-3-5-16(13-18)9-8-15-4-2-6-17(12-15)19-10-11-23-14-19/h2-14H,1H3. The molecule has 3 aromatic rings. The fraction of sp³-hybridized carbons (Fsp3) is 0.0500. The van der Waals surface area contributed by atoms with Crippen molar-refractivity contribution in [1.29, 1.82) is 0 Å². The third kappa shape index (κ3) is 3.76. The Labute approximate surface area is 139 Å². The quantitative estimate of drug-likeness (QED) is 0.477. The lowest BCUT2D eigenvalue weighted by molar-refractivity contribution is 0.0600. The molecule has 23 heavy (non-hydrogen) atoms. The van der Waals surface area contributed by atoms with Gasteiger partial charge in [-0.25, -0.2) is 4.79 Å². The van der Waals surface area contributed by atoms with E-state index in [0.29, 0.717) is 5.56 Å². The molecular weight excluding hydrogens is 304 g/mol. The minimum absolute atomic E-state index is 0.320. The molecule has 2 aromatic carbocycles. The molecule has 0 aliphatic carbocycles. The molecule has 0 N–H and O–H groups in total. The zero-order valence-electron chi connectivity index (χ0n) is 12.7. The molecule has 0 aliphatic rings. The van der Waals surface area contributed by atoms with Gasteiger partial charge >= 0.3 is 5.97 Å². The van der Waals surface area contributed by atoms with Crippen LogP contribution in [0.15, 0.2) is 65.4 Å². The molecular formula is C20H16O2S. The van der Waals surface area contributed by atoms with Crippen LogP contribution in [0.25, 0.3) is 23.3 Å². The van der Waals surface area contributed by atoms with Gasteiger partial charge < -0.3 is 4.74 Å². The summed E-state index contributed by atoms with van der Waals surface area (Å²) < 4.78 is 4.75. The molecule has 3 rings (SSSR count). The Balaban J connectivity index is 1.83. The van der Waals surface area contributed by atoms with Gasteiger partial charge in [0.25, 0.3) is 0 Å². The van der Waals surface area contributed by atoms with Crippen molar-refractivity contribution in [1.82, 2.24) is 0 Å². The highest BCUT2D eigenvalue weighted by Gasteiger charge is 2.04. The number of benzene rings is 2. The summed E-state index contributed by atoms with van der Waals surface area (Å²) in [4.78, 5) is 11.6. The third-order valence-electron chi connectivity index (χ3n) is 3.52. The van der Waals surface area contributed by atoms with Gasteiger partial charge in [-0.3, -0.25) is 0 Å². The van der Waals surface area contributed by atoms with Crippen LogP contribution < -0.4 is 0 Å². The summed E-state index contributed by atoms with van der Waals surface area (Å²) in [7, 11) is 1.39. The van der Waals surface area contributed by atoms with Crippen molar-refractivity contribution < 1.29 is 9.53 Å². The van der Waals surface area contributed by atoms with Crippen molar-refractivity contribution in [2.75, 3.05) is 7.11 Å². The first kappa shape index (κ1) is 15.3. The Kier molecular flexibility index (Phi) is 4.69. The first-order valence-corrected chi connectivity index (χ1v) is 8.19. The van der Waals surface area contributed by atoms with E-state index in [-0.39, 0.29) is 5.97 Å². The second kappa shape index (κ2) is 7.07. The zero-order valence-corrected chi connectivity index (χ0v) is 13.5. The largest absolute Gasteiger partial charge is 0.465 e. The fourth-order valence-electron chi connectivity index (χ4n) is 2.33. The van der Waals surface area contributed by atoms with Gasteiger partial charge in [0.1, 0.15) is 0 Å². The maximum absolute atomic E-state index is 11.6. The van der Waals surface area contributed by atoms with E-state index in [1.54, 1.807) is 17.4 Å². The average Bonchev–Trinajstić information content (AvgIpc) is 3.14. The zero-order chi connectivity index (χ0) is 16.1. The number of esters is 1. The molecule has 0 amide bonds. The van der Waals surface area contributed by atoms with Gasteiger partial charge in [-0.2, -0.15) is 11.3 Å². The normalized spacial score (nSPS) is 10.8. The van der Waals surface area contributed by atoms with Gasteiger partial charge in [0, 0.05) is 0 Å². The lowest BCUT2D eigenvalue weighted by Gasteiger charge is -2.01. The highest BCUT2D eigenvalue weighted by molar-refractivity contribution is 7.08. The van der Waals surface area contributed by atoms with Crippen LogP contribution in [-0.2, 0) is 4.74 Å². The lowest BCUT2D eigenvalue weighted by atomic mass is 10.0. The Morgan fingerprint density at radius 2 is 1.70 bits per heavy atom. The second-order valence-electron chi connectivity index (χ2n) is 5.09. The Bertz CT molecular complexity index is 832. The summed E-state index contributed by atoms with van der Waals surface area (Å²) in [6.07, 6.45) is 4.05. The summed E-state index contributed by atoms with van der Waals surface area (Å²) in [5, 5.41) is 4.22. The summed E-state index contributed by atoms with van der Waals surface area (Å²) >= 11 is 1.70. The van der Waals surface area contributed by atoms with E-state index in [4.69, 9.17) is 4.74 Å². The van der Waals surface area contributed by atoms with Crippen molar-refractivity contribution in [2.24, 2.45) is 0 Å². The summed E-state index contributed by atoms with van der Waals surface area (Å²) in [5.74, 6) is -0.320. The van der Waals surface area contributed by atoms with E-state index in [1.165, 1.54) is 18.2 Å². The maximum atomic E-state index is 11.6. The van der Waals surface area contributed by atoms with E-state index in [9.17, 15) is 4.79 Å². The van der Waals surface area contributed by atoms with Crippen LogP contribution in [-0.4, -0.2) is 13.1 Å². The monoisotopic (exact) mass is 320 g/mol. The number of carbonyl (C=O) groups excluding carboxylic acids is 1. The minimum atomic E-state index is -0.320. The third-order valence-corrected chi connectivity index (χ3v) is 4.20. The predicted molar refractivity (Wildman–Crippen MR) is 96.5 cm³/mol. The Morgan fingerprint density at radius 3 is 2.39 bits per heavy atom. The van der Waals surface area contributed by atoms with Crippen molar-refractivity contribution in [2.45, 2.75) is 0 Å². The van der Waals surface area contributed by atoms with Gasteiger partial charge in [-0.15, -0.1) is 0 Å². The number of thiophene rings is 1. The van der Waals surface area contributed by atoms with Crippen molar-refractivity contribution >= 4 is 29.5 Å². The van der Waals surface area contributed by atoms with Crippen molar-refractivity contribution in [3.05, 3.63) is 82.0 Å². The highest BCUT2D eigenvalue weighted by atomic mass is 32.1. The number of hydrogen-bond donors (Lipinski definition) is 0. The van der Waals surface area contributed by atoms with E-state index in [1.807, 2.05) is 30.4 Å². The van der Waals surface area contributed by atoms with Crippen molar-refractivity contribution in [3.63, 3.8) is 0 Å². The molecule has 0 radical (unpaired) electrons. The molecule has 1 aromatic heterocycles. The fourth-order valence-corrected chi connectivity index (χ4v) is 3.00. The van der Waals surface area contributed by atoms with E-state index in [0.717, 1.165) is 11.1 Å². The number of hydrogen-bond acceptors (Lipinski definition) is 3. The van der Waals surface area contributed by atoms with E-state index in [2.05, 4.69) is 41.1 Å². The Morgan fingerprint density at radius 1 is 0.957 bits per heavy atom. The molecule has 0 fully saturated rings. The van der Waals surface area contributed by atoms with Crippen LogP contribution in [0.2, 0.25) is 0 Å². The second-order valence-corrected chi connectivity index (χ2v) is 5.87. The molecule has 114 valence electrons. The SMILES string of the molecule is COC(=O)c1cccc(C=Cc2cccc(-c3ccsc3)c2)c1. The van der Waals surface area contributed by atoms with Crippen LogP contribution in [0.1, 0.15) is 21.5 Å². The molecule has 0 atom stereocenters. The smallest absolute Gasteiger partial charge is 0.337 e. The van der Waals surface area contributed by atoms with Gasteiger partial charge in [0.05, 0.1) is 12.7 Å². The van der Waals surface area contributed by atoms with Gasteiger partial charge in [-0.1, -0.05) is 42.5 Å². The van der Waals surface area contributed by atoms with Gasteiger partial charge in [0.15, 0.2) is 0 Å². The number of methoxy groups -OCH3 is 1. The van der Waals surface area contributed by atoms with Gasteiger partial charge in [-0.05, 0) is 57.3 Å². The van der Waals surface area contributed by atoms with Crippen LogP contribution in [0, 0.1) is 0 Å². The molecule has 0 unspecified atom stereocenters. The van der Waals surface area contributed by atoms with Gasteiger partial charge in [0.2, 0.25) is 0 Å². The number of rotatable bonds is 4. The number of ether oxygens (including phenoxy) is 1. The summed E-state index contributed by atoms with van der Waals surface area (Å²) in [6.45, 7) is 0. The van der Waals surface area contributed by atoms with E-state index >= 15 is 0 Å². The number of carbonyl (C=O) groups is 1. The first-order valence-electron chi connectivity index (χ1n) is 7.25. The van der Waals surface area contributed by atoms with Crippen molar-refractivity contribution in [3.8, 4) is 11.1 Å². The molecule has 0 aliphatic heterocycles. The topological polar surface area (TPSA) is 26.3 Å². The molecule has 0 saturated carbocycles. The highest BCUT2D eigenvalue weighted by Crippen LogP contribution is 2.23.